The van der Waals surface area contributed by atoms with Crippen LogP contribution in [-0.2, 0) is 6.42 Å². The first-order valence-electron chi connectivity index (χ1n) is 7.75. The molecule has 1 N–H and O–H groups in total. The Balaban J connectivity index is 1.62. The van der Waals surface area contributed by atoms with Crippen molar-refractivity contribution in [2.45, 2.75) is 13.3 Å². The lowest BCUT2D eigenvalue weighted by Crippen LogP contribution is -2.11. The predicted octanol–water partition coefficient (Wildman–Crippen LogP) is 4.43. The number of hydrogen-bond donors (Lipinski definition) is 1. The molecule has 0 spiro atoms. The van der Waals surface area contributed by atoms with Gasteiger partial charge in [0.15, 0.2) is 0 Å². The topological polar surface area (TPSA) is 64.1 Å². The van der Waals surface area contributed by atoms with E-state index in [1.54, 1.807) is 24.3 Å². The van der Waals surface area contributed by atoms with Crippen molar-refractivity contribution in [2.24, 2.45) is 0 Å². The molecule has 0 atom stereocenters. The number of rotatable bonds is 6. The smallest absolute Gasteiger partial charge is 0.257 e. The van der Waals surface area contributed by atoms with E-state index in [4.69, 9.17) is 16.3 Å². The van der Waals surface area contributed by atoms with E-state index in [2.05, 4.69) is 15.5 Å². The molecule has 0 bridgehead atoms. The minimum atomic E-state index is -0.225. The lowest BCUT2D eigenvalue weighted by molar-refractivity contribution is 0.102. The van der Waals surface area contributed by atoms with Crippen molar-refractivity contribution in [3.8, 4) is 5.75 Å². The monoisotopic (exact) mass is 373 g/mol. The first-order valence-corrected chi connectivity index (χ1v) is 8.94. The number of benzene rings is 2. The highest BCUT2D eigenvalue weighted by Gasteiger charge is 2.11. The van der Waals surface area contributed by atoms with Crippen molar-refractivity contribution in [1.29, 1.82) is 0 Å². The highest BCUT2D eigenvalue weighted by Crippen LogP contribution is 2.21. The number of ether oxygens (including phenoxy) is 1. The normalized spacial score (nSPS) is 10.5. The molecule has 25 heavy (non-hydrogen) atoms. The molecule has 0 aliphatic rings. The SMILES string of the molecule is CCOc1ccc(C(=O)Nc2nnc(Cc3ccc(Cl)cc3)s2)cc1. The molecule has 0 fully saturated rings. The number of nitrogens with zero attached hydrogens (tertiary/aromatic N) is 2. The maximum Gasteiger partial charge on any atom is 0.257 e. The highest BCUT2D eigenvalue weighted by atomic mass is 35.5. The van der Waals surface area contributed by atoms with Gasteiger partial charge >= 0.3 is 0 Å². The van der Waals surface area contributed by atoms with Crippen LogP contribution in [0.2, 0.25) is 5.02 Å². The van der Waals surface area contributed by atoms with Gasteiger partial charge in [0.2, 0.25) is 5.13 Å². The quantitative estimate of drug-likeness (QED) is 0.694. The molecule has 3 rings (SSSR count). The summed E-state index contributed by atoms with van der Waals surface area (Å²) in [7, 11) is 0. The highest BCUT2D eigenvalue weighted by molar-refractivity contribution is 7.15. The number of hydrogen-bond acceptors (Lipinski definition) is 5. The fourth-order valence-electron chi connectivity index (χ4n) is 2.19. The van der Waals surface area contributed by atoms with Crippen LogP contribution < -0.4 is 10.1 Å². The molecular weight excluding hydrogens is 358 g/mol. The van der Waals surface area contributed by atoms with Gasteiger partial charge in [-0.3, -0.25) is 10.1 Å². The van der Waals surface area contributed by atoms with Crippen molar-refractivity contribution < 1.29 is 9.53 Å². The largest absolute Gasteiger partial charge is 0.494 e. The molecule has 7 heteroatoms. The van der Waals surface area contributed by atoms with Crippen molar-refractivity contribution >= 4 is 34.0 Å². The Hall–Kier alpha value is -2.44. The van der Waals surface area contributed by atoms with E-state index in [0.29, 0.717) is 28.7 Å². The Morgan fingerprint density at radius 3 is 2.52 bits per heavy atom. The van der Waals surface area contributed by atoms with Gasteiger partial charge in [-0.2, -0.15) is 0 Å². The van der Waals surface area contributed by atoms with Crippen LogP contribution in [0.5, 0.6) is 5.75 Å². The van der Waals surface area contributed by atoms with Crippen molar-refractivity contribution in [2.75, 3.05) is 11.9 Å². The van der Waals surface area contributed by atoms with E-state index in [1.165, 1.54) is 11.3 Å². The zero-order valence-electron chi connectivity index (χ0n) is 13.5. The minimum Gasteiger partial charge on any atom is -0.494 e. The average Bonchev–Trinajstić information content (AvgIpc) is 3.05. The third-order valence-electron chi connectivity index (χ3n) is 3.38. The van der Waals surface area contributed by atoms with Gasteiger partial charge in [0, 0.05) is 17.0 Å². The molecule has 5 nitrogen and oxygen atoms in total. The molecule has 1 aromatic heterocycles. The molecule has 1 amide bonds. The van der Waals surface area contributed by atoms with Crippen molar-refractivity contribution in [3.63, 3.8) is 0 Å². The lowest BCUT2D eigenvalue weighted by Gasteiger charge is -2.04. The number of halogens is 1. The second kappa shape index (κ2) is 8.09. The molecular formula is C18H16ClN3O2S. The van der Waals surface area contributed by atoms with E-state index < -0.39 is 0 Å². The molecule has 0 unspecified atom stereocenters. The van der Waals surface area contributed by atoms with Gasteiger partial charge in [0.05, 0.1) is 6.61 Å². The van der Waals surface area contributed by atoms with Crippen LogP contribution in [0, 0.1) is 0 Å². The van der Waals surface area contributed by atoms with Crippen LogP contribution in [0.3, 0.4) is 0 Å². The van der Waals surface area contributed by atoms with Crippen LogP contribution in [0.4, 0.5) is 5.13 Å². The van der Waals surface area contributed by atoms with Crippen molar-refractivity contribution in [1.82, 2.24) is 10.2 Å². The number of aromatic nitrogens is 2. The number of carbonyl (C=O) groups is 1. The van der Waals surface area contributed by atoms with E-state index in [9.17, 15) is 4.79 Å². The Bertz CT molecular complexity index is 848. The van der Waals surface area contributed by atoms with E-state index in [1.807, 2.05) is 31.2 Å². The lowest BCUT2D eigenvalue weighted by atomic mass is 10.2. The van der Waals surface area contributed by atoms with Gasteiger partial charge in [0.1, 0.15) is 10.8 Å². The minimum absolute atomic E-state index is 0.225. The Labute approximate surface area is 154 Å². The van der Waals surface area contributed by atoms with Crippen LogP contribution in [-0.4, -0.2) is 22.7 Å². The summed E-state index contributed by atoms with van der Waals surface area (Å²) >= 11 is 7.24. The maximum absolute atomic E-state index is 12.3. The predicted molar refractivity (Wildman–Crippen MR) is 99.7 cm³/mol. The summed E-state index contributed by atoms with van der Waals surface area (Å²) in [5.41, 5.74) is 1.63. The van der Waals surface area contributed by atoms with Crippen LogP contribution >= 0.6 is 22.9 Å². The number of nitrogens with one attached hydrogen (secondary N) is 1. The first-order chi connectivity index (χ1) is 12.1. The summed E-state index contributed by atoms with van der Waals surface area (Å²) in [6, 6.07) is 14.5. The van der Waals surface area contributed by atoms with Gasteiger partial charge in [-0.15, -0.1) is 10.2 Å². The molecule has 0 saturated carbocycles. The summed E-state index contributed by atoms with van der Waals surface area (Å²) < 4.78 is 5.37. The third kappa shape index (κ3) is 4.78. The molecule has 0 aliphatic heterocycles. The number of anilines is 1. The average molecular weight is 374 g/mol. The van der Waals surface area contributed by atoms with Crippen LogP contribution in [0.25, 0.3) is 0 Å². The standard InChI is InChI=1S/C18H16ClN3O2S/c1-2-24-15-9-5-13(6-10-15)17(23)20-18-22-21-16(25-18)11-12-3-7-14(19)8-4-12/h3-10H,2,11H2,1H3,(H,20,22,23). The molecule has 1 heterocycles. The van der Waals surface area contributed by atoms with Crippen molar-refractivity contribution in [3.05, 3.63) is 69.7 Å². The summed E-state index contributed by atoms with van der Waals surface area (Å²) in [5, 5.41) is 12.9. The van der Waals surface area contributed by atoms with Gasteiger partial charge in [-0.1, -0.05) is 35.1 Å². The molecule has 2 aromatic carbocycles. The van der Waals surface area contributed by atoms with Crippen LogP contribution in [0.1, 0.15) is 27.9 Å². The summed E-state index contributed by atoms with van der Waals surface area (Å²) in [6.07, 6.45) is 0.647. The zero-order valence-corrected chi connectivity index (χ0v) is 15.1. The zero-order chi connectivity index (χ0) is 17.6. The van der Waals surface area contributed by atoms with E-state index in [-0.39, 0.29) is 5.91 Å². The van der Waals surface area contributed by atoms with E-state index >= 15 is 0 Å². The Kier molecular flexibility index (Phi) is 5.63. The van der Waals surface area contributed by atoms with Gasteiger partial charge < -0.3 is 4.74 Å². The molecule has 0 saturated heterocycles. The van der Waals surface area contributed by atoms with Gasteiger partial charge in [-0.25, -0.2) is 0 Å². The molecule has 128 valence electrons. The first kappa shape index (κ1) is 17.4. The fraction of sp³-hybridized carbons (Fsp3) is 0.167. The summed E-state index contributed by atoms with van der Waals surface area (Å²) in [4.78, 5) is 12.3. The second-order valence-electron chi connectivity index (χ2n) is 5.22. The molecule has 0 radical (unpaired) electrons. The second-order valence-corrected chi connectivity index (χ2v) is 6.71. The molecule has 3 aromatic rings. The summed E-state index contributed by atoms with van der Waals surface area (Å²) in [5.74, 6) is 0.512. The Morgan fingerprint density at radius 1 is 1.12 bits per heavy atom. The van der Waals surface area contributed by atoms with E-state index in [0.717, 1.165) is 16.3 Å². The maximum atomic E-state index is 12.3. The number of carbonyl (C=O) groups excluding carboxylic acids is 1. The van der Waals surface area contributed by atoms with Gasteiger partial charge in [0.25, 0.3) is 5.91 Å². The van der Waals surface area contributed by atoms with Gasteiger partial charge in [-0.05, 0) is 48.9 Å². The third-order valence-corrected chi connectivity index (χ3v) is 4.47. The van der Waals surface area contributed by atoms with Crippen LogP contribution in [0.15, 0.2) is 48.5 Å². The molecule has 0 aliphatic carbocycles. The summed E-state index contributed by atoms with van der Waals surface area (Å²) in [6.45, 7) is 2.50. The number of amides is 1. The fourth-order valence-corrected chi connectivity index (χ4v) is 3.09. The Morgan fingerprint density at radius 2 is 1.84 bits per heavy atom.